The molecule has 10 aromatic heterocycles. The lowest BCUT2D eigenvalue weighted by Crippen LogP contribution is -2.04. The third-order valence-electron chi connectivity index (χ3n) is 23.8. The summed E-state index contributed by atoms with van der Waals surface area (Å²) in [6, 6.07) is 134. The van der Waals surface area contributed by atoms with Crippen molar-refractivity contribution in [1.82, 2.24) is 59.0 Å². The van der Waals surface area contributed by atoms with E-state index >= 15 is 0 Å². The Morgan fingerprint density at radius 2 is 0.540 bits per heavy atom. The maximum absolute atomic E-state index is 6.44. The van der Waals surface area contributed by atoms with E-state index in [1.165, 1.54) is 40.3 Å². The molecule has 0 aliphatic carbocycles. The summed E-state index contributed by atoms with van der Waals surface area (Å²) in [5.74, 6) is 4.69. The Hall–Kier alpha value is -16.2. The Labute approximate surface area is 731 Å². The van der Waals surface area contributed by atoms with Gasteiger partial charge in [-0.05, 0) is 97.1 Å². The van der Waals surface area contributed by atoms with Gasteiger partial charge >= 0.3 is 0 Å². The molecule has 0 bridgehead atoms. The molecule has 0 amide bonds. The number of furan rings is 1. The number of nitrogens with zero attached hydrogens (tertiary/aromatic N) is 12. The normalized spacial score (nSPS) is 11.8. The molecule has 126 heavy (non-hydrogen) atoms. The van der Waals surface area contributed by atoms with Gasteiger partial charge < -0.3 is 13.6 Å². The van der Waals surface area contributed by atoms with Crippen LogP contribution in [0.4, 0.5) is 0 Å². The first kappa shape index (κ1) is 72.6. The molecule has 0 aliphatic rings. The molecule has 0 saturated heterocycles. The second kappa shape index (κ2) is 29.8. The molecule has 0 unspecified atom stereocenters. The summed E-state index contributed by atoms with van der Waals surface area (Å²) >= 11 is 5.31. The average molecular weight is 1670 g/mol. The van der Waals surface area contributed by atoms with Gasteiger partial charge in [0, 0.05) is 128 Å². The standard InChI is InChI=1S/C55H32N6OS.C55H32N6S2/c1-4-16-33(17-5-1)49-51-50(39-24-12-15-27-46(39)63-51)57-54(56-49)36-28-29-42(40(32-36)55-59-52(34-18-6-2-7-19-34)58-53(60-55)35-20-8-3-9-21-35)61-41-25-13-10-22-37(41)47-43(61)30-31-45-48(47)38-23-11-14-26-44(38)62-45;1-4-16-33(17-5-1)49-51-50(39-24-12-15-27-45(39)63-51)57-54(56-49)36-28-29-42(40(32-36)55-59-52(34-18-6-2-7-19-34)58-53(60-55)35-20-8-3-9-21-35)61-41-25-13-10-22-37(41)47-43(61)30-31-46-48(47)38-23-11-14-26-44(38)62-46/h2*1-32H. The van der Waals surface area contributed by atoms with Gasteiger partial charge in [-0.15, -0.1) is 34.0 Å². The zero-order chi connectivity index (χ0) is 82.9. The molecular formula is C110H64N12OS3. The van der Waals surface area contributed by atoms with Crippen molar-refractivity contribution >= 4 is 160 Å². The maximum atomic E-state index is 6.44. The average Bonchev–Trinajstić information content (AvgIpc) is 1.56. The smallest absolute Gasteiger partial charge is 0.166 e. The fraction of sp³-hybridized carbons (Fsp3) is 0. The predicted molar refractivity (Wildman–Crippen MR) is 520 cm³/mol. The summed E-state index contributed by atoms with van der Waals surface area (Å²) in [4.78, 5) is 52.9. The van der Waals surface area contributed by atoms with Gasteiger partial charge in [0.25, 0.3) is 0 Å². The Morgan fingerprint density at radius 1 is 0.198 bits per heavy atom. The Balaban J connectivity index is 0.000000137. The van der Waals surface area contributed by atoms with Crippen LogP contribution in [-0.4, -0.2) is 59.0 Å². The number of benzene rings is 16. The number of hydrogen-bond acceptors (Lipinski definition) is 14. The number of rotatable bonds is 12. The van der Waals surface area contributed by atoms with E-state index in [9.17, 15) is 0 Å². The van der Waals surface area contributed by atoms with Gasteiger partial charge in [-0.3, -0.25) is 0 Å². The molecule has 16 aromatic carbocycles. The summed E-state index contributed by atoms with van der Waals surface area (Å²) < 4.78 is 18.2. The van der Waals surface area contributed by atoms with Gasteiger partial charge in [0.15, 0.2) is 46.6 Å². The second-order valence-corrected chi connectivity index (χ2v) is 34.4. The van der Waals surface area contributed by atoms with Crippen molar-refractivity contribution in [1.29, 1.82) is 0 Å². The number of thiophene rings is 3. The fourth-order valence-electron chi connectivity index (χ4n) is 18.0. The molecule has 26 rings (SSSR count). The Bertz CT molecular complexity index is 8230. The van der Waals surface area contributed by atoms with Crippen LogP contribution in [0.2, 0.25) is 0 Å². The van der Waals surface area contributed by atoms with E-state index in [1.54, 1.807) is 22.7 Å². The summed E-state index contributed by atoms with van der Waals surface area (Å²) in [7, 11) is 0. The Kier molecular flexibility index (Phi) is 17.2. The van der Waals surface area contributed by atoms with Gasteiger partial charge in [0.05, 0.1) is 65.3 Å². The van der Waals surface area contributed by atoms with Crippen molar-refractivity contribution in [3.63, 3.8) is 0 Å². The summed E-state index contributed by atoms with van der Waals surface area (Å²) in [5.41, 5.74) is 20.6. The van der Waals surface area contributed by atoms with Crippen LogP contribution in [0.5, 0.6) is 0 Å². The van der Waals surface area contributed by atoms with Crippen LogP contribution >= 0.6 is 34.0 Å². The van der Waals surface area contributed by atoms with Gasteiger partial charge in [-0.1, -0.05) is 291 Å². The lowest BCUT2D eigenvalue weighted by Gasteiger charge is -2.16. The van der Waals surface area contributed by atoms with Gasteiger partial charge in [0.2, 0.25) is 0 Å². The molecule has 0 spiro atoms. The van der Waals surface area contributed by atoms with Crippen LogP contribution in [0.3, 0.4) is 0 Å². The monoisotopic (exact) mass is 1660 g/mol. The highest BCUT2D eigenvalue weighted by Crippen LogP contribution is 2.49. The van der Waals surface area contributed by atoms with E-state index in [2.05, 4.69) is 252 Å². The van der Waals surface area contributed by atoms with Crippen LogP contribution in [0.1, 0.15) is 0 Å². The summed E-state index contributed by atoms with van der Waals surface area (Å²) in [6.45, 7) is 0. The molecule has 0 N–H and O–H groups in total. The van der Waals surface area contributed by atoms with Gasteiger partial charge in [0.1, 0.15) is 11.2 Å². The first-order chi connectivity index (χ1) is 62.5. The van der Waals surface area contributed by atoms with Crippen LogP contribution in [0, 0.1) is 0 Å². The van der Waals surface area contributed by atoms with Crippen molar-refractivity contribution in [2.24, 2.45) is 0 Å². The quantitative estimate of drug-likeness (QED) is 0.115. The zero-order valence-electron chi connectivity index (χ0n) is 66.9. The molecule has 0 fully saturated rings. The first-order valence-corrected chi connectivity index (χ1v) is 44.1. The lowest BCUT2D eigenvalue weighted by atomic mass is 10.0. The van der Waals surface area contributed by atoms with E-state index in [-0.39, 0.29) is 0 Å². The molecule has 0 aliphatic heterocycles. The van der Waals surface area contributed by atoms with E-state index in [0.717, 1.165) is 164 Å². The SMILES string of the molecule is c1ccc(-c2nc(-c3ccccc3)nc(-c3cc(-c4nc(-c5ccccc5)c5sc6ccccc6c5n4)ccc3-n3c4ccccc4c4c5c(ccc43)oc3ccccc35)n2)cc1.c1ccc(-c2nc(-c3ccccc3)nc(-c3cc(-c4nc(-c5ccccc5)c5sc6ccccc6c5n4)ccc3-n3c4ccccc4c4c5c(ccc43)sc3ccccc35)n2)cc1. The van der Waals surface area contributed by atoms with Crippen LogP contribution < -0.4 is 0 Å². The minimum Gasteiger partial charge on any atom is -0.456 e. The van der Waals surface area contributed by atoms with Crippen molar-refractivity contribution in [3.8, 4) is 125 Å². The third-order valence-corrected chi connectivity index (χ3v) is 27.2. The third kappa shape index (κ3) is 12.2. The van der Waals surface area contributed by atoms with Crippen LogP contribution in [0.25, 0.3) is 251 Å². The number of fused-ring (bicyclic) bond motifs is 20. The van der Waals surface area contributed by atoms with E-state index in [4.69, 9.17) is 54.3 Å². The van der Waals surface area contributed by atoms with Gasteiger partial charge in [-0.25, -0.2) is 49.8 Å². The highest BCUT2D eigenvalue weighted by Gasteiger charge is 2.28. The number of aromatic nitrogens is 12. The van der Waals surface area contributed by atoms with E-state index < -0.39 is 0 Å². The second-order valence-electron chi connectivity index (χ2n) is 31.2. The predicted octanol–water partition coefficient (Wildman–Crippen LogP) is 29.2. The largest absolute Gasteiger partial charge is 0.456 e. The fourth-order valence-corrected chi connectivity index (χ4v) is 21.5. The molecule has 0 atom stereocenters. The molecular weight excluding hydrogens is 1600 g/mol. The first-order valence-electron chi connectivity index (χ1n) is 41.7. The van der Waals surface area contributed by atoms with Crippen molar-refractivity contribution in [2.45, 2.75) is 0 Å². The molecule has 13 nitrogen and oxygen atoms in total. The molecule has 588 valence electrons. The highest BCUT2D eigenvalue weighted by atomic mass is 32.1. The zero-order valence-corrected chi connectivity index (χ0v) is 69.4. The van der Waals surface area contributed by atoms with E-state index in [1.807, 2.05) is 157 Å². The summed E-state index contributed by atoms with van der Waals surface area (Å²) in [5, 5.41) is 11.6. The molecule has 10 heterocycles. The van der Waals surface area contributed by atoms with Crippen molar-refractivity contribution in [2.75, 3.05) is 0 Å². The van der Waals surface area contributed by atoms with E-state index in [0.29, 0.717) is 46.6 Å². The molecule has 0 radical (unpaired) electrons. The topological polar surface area (TPSA) is 152 Å². The molecule has 16 heteroatoms. The molecule has 0 saturated carbocycles. The highest BCUT2D eigenvalue weighted by molar-refractivity contribution is 7.27. The molecule has 26 aromatic rings. The van der Waals surface area contributed by atoms with Crippen molar-refractivity contribution < 1.29 is 4.42 Å². The minimum absolute atomic E-state index is 0.533. The van der Waals surface area contributed by atoms with Crippen LogP contribution in [0.15, 0.2) is 393 Å². The number of hydrogen-bond donors (Lipinski definition) is 0. The van der Waals surface area contributed by atoms with Gasteiger partial charge in [-0.2, -0.15) is 0 Å². The number of para-hydroxylation sites is 3. The van der Waals surface area contributed by atoms with Crippen molar-refractivity contribution in [3.05, 3.63) is 388 Å². The minimum atomic E-state index is 0.533. The summed E-state index contributed by atoms with van der Waals surface area (Å²) in [6.07, 6.45) is 0. The maximum Gasteiger partial charge on any atom is 0.166 e. The Morgan fingerprint density at radius 3 is 0.984 bits per heavy atom. The lowest BCUT2D eigenvalue weighted by molar-refractivity contribution is 0.669. The van der Waals surface area contributed by atoms with Crippen LogP contribution in [-0.2, 0) is 0 Å².